The van der Waals surface area contributed by atoms with E-state index in [1.54, 1.807) is 12.1 Å². The van der Waals surface area contributed by atoms with Gasteiger partial charge in [0, 0.05) is 17.3 Å². The number of hydrogen-bond donors (Lipinski definition) is 1. The second-order valence-electron chi connectivity index (χ2n) is 6.61. The molecule has 0 aliphatic heterocycles. The average Bonchev–Trinajstić information content (AvgIpc) is 3.08. The summed E-state index contributed by atoms with van der Waals surface area (Å²) in [5.41, 5.74) is 6.68. The minimum absolute atomic E-state index is 0.218. The fourth-order valence-corrected chi connectivity index (χ4v) is 3.65. The van der Waals surface area contributed by atoms with Gasteiger partial charge >= 0.3 is 0 Å². The van der Waals surface area contributed by atoms with Crippen LogP contribution in [0.15, 0.2) is 85.1 Å². The van der Waals surface area contributed by atoms with Crippen molar-refractivity contribution in [2.75, 3.05) is 0 Å². The molecule has 3 heterocycles. The summed E-state index contributed by atoms with van der Waals surface area (Å²) in [5.74, 6) is 0.218. The Balaban J connectivity index is 1.95. The molecular formula is C24H15N3O. The largest absolute Gasteiger partial charge is 0.508 e. The Morgan fingerprint density at radius 2 is 1.61 bits per heavy atom. The molecule has 28 heavy (non-hydrogen) atoms. The van der Waals surface area contributed by atoms with Gasteiger partial charge < -0.3 is 9.51 Å². The van der Waals surface area contributed by atoms with Crippen molar-refractivity contribution in [2.45, 2.75) is 0 Å². The maximum Gasteiger partial charge on any atom is 0.115 e. The van der Waals surface area contributed by atoms with Crippen molar-refractivity contribution in [3.63, 3.8) is 0 Å². The number of aromatic nitrogens is 2. The molecule has 0 amide bonds. The zero-order valence-electron chi connectivity index (χ0n) is 14.9. The molecule has 132 valence electrons. The molecule has 2 aromatic carbocycles. The van der Waals surface area contributed by atoms with Crippen LogP contribution in [0.1, 0.15) is 5.56 Å². The highest BCUT2D eigenvalue weighted by Gasteiger charge is 2.18. The molecule has 0 saturated heterocycles. The predicted octanol–water partition coefficient (Wildman–Crippen LogP) is 5.40. The van der Waals surface area contributed by atoms with Crippen LogP contribution in [0.25, 0.3) is 38.9 Å². The first kappa shape index (κ1) is 16.1. The summed E-state index contributed by atoms with van der Waals surface area (Å²) in [7, 11) is 0. The number of nitriles is 1. The van der Waals surface area contributed by atoms with E-state index in [9.17, 15) is 10.4 Å². The van der Waals surface area contributed by atoms with Crippen molar-refractivity contribution in [3.05, 3.63) is 90.6 Å². The monoisotopic (exact) mass is 361 g/mol. The van der Waals surface area contributed by atoms with E-state index >= 15 is 0 Å². The Morgan fingerprint density at radius 1 is 0.857 bits per heavy atom. The van der Waals surface area contributed by atoms with E-state index < -0.39 is 0 Å². The van der Waals surface area contributed by atoms with Gasteiger partial charge in [0.25, 0.3) is 0 Å². The van der Waals surface area contributed by atoms with Crippen LogP contribution in [0, 0.1) is 11.3 Å². The van der Waals surface area contributed by atoms with E-state index in [0.717, 1.165) is 33.4 Å². The average molecular weight is 361 g/mol. The highest BCUT2D eigenvalue weighted by molar-refractivity contribution is 6.02. The first-order valence-electron chi connectivity index (χ1n) is 8.95. The molecule has 3 aromatic heterocycles. The van der Waals surface area contributed by atoms with Crippen molar-refractivity contribution < 1.29 is 5.11 Å². The standard InChI is InChI=1S/C24H15N3O/c25-15-20-22-8-4-5-13-27(22)24-19(16-9-11-18(28)12-10-16)14-21(26-23(20)24)17-6-2-1-3-7-17/h1-14,28H. The maximum absolute atomic E-state index is 9.85. The summed E-state index contributed by atoms with van der Waals surface area (Å²) in [6, 6.07) is 27.2. The topological polar surface area (TPSA) is 61.3 Å². The van der Waals surface area contributed by atoms with Crippen LogP contribution in [-0.4, -0.2) is 14.5 Å². The Morgan fingerprint density at radius 3 is 2.36 bits per heavy atom. The third kappa shape index (κ3) is 2.42. The van der Waals surface area contributed by atoms with Crippen molar-refractivity contribution >= 4 is 16.6 Å². The van der Waals surface area contributed by atoms with Crippen LogP contribution < -0.4 is 0 Å². The fourth-order valence-electron chi connectivity index (χ4n) is 3.65. The predicted molar refractivity (Wildman–Crippen MR) is 110 cm³/mol. The van der Waals surface area contributed by atoms with E-state index in [2.05, 4.69) is 6.07 Å². The van der Waals surface area contributed by atoms with Gasteiger partial charge in [-0.1, -0.05) is 48.5 Å². The van der Waals surface area contributed by atoms with Crippen molar-refractivity contribution in [1.29, 1.82) is 5.26 Å². The van der Waals surface area contributed by atoms with Gasteiger partial charge in [-0.3, -0.25) is 0 Å². The molecule has 0 aliphatic carbocycles. The molecular weight excluding hydrogens is 346 g/mol. The van der Waals surface area contributed by atoms with E-state index in [1.165, 1.54) is 0 Å². The van der Waals surface area contributed by atoms with Crippen LogP contribution in [0.2, 0.25) is 0 Å². The summed E-state index contributed by atoms with van der Waals surface area (Å²) < 4.78 is 2.01. The number of pyridine rings is 2. The first-order valence-corrected chi connectivity index (χ1v) is 8.95. The zero-order valence-corrected chi connectivity index (χ0v) is 14.9. The van der Waals surface area contributed by atoms with Gasteiger partial charge in [-0.15, -0.1) is 0 Å². The van der Waals surface area contributed by atoms with Gasteiger partial charge in [-0.05, 0) is 35.9 Å². The molecule has 0 unspecified atom stereocenters. The molecule has 0 aliphatic rings. The van der Waals surface area contributed by atoms with Crippen LogP contribution >= 0.6 is 0 Å². The third-order valence-electron chi connectivity index (χ3n) is 4.95. The molecule has 0 fully saturated rings. The number of rotatable bonds is 2. The van der Waals surface area contributed by atoms with E-state index in [0.29, 0.717) is 11.1 Å². The summed E-state index contributed by atoms with van der Waals surface area (Å²) >= 11 is 0. The van der Waals surface area contributed by atoms with Gasteiger partial charge in [0.05, 0.1) is 16.7 Å². The smallest absolute Gasteiger partial charge is 0.115 e. The number of hydrogen-bond acceptors (Lipinski definition) is 3. The molecule has 0 bridgehead atoms. The molecule has 1 N–H and O–H groups in total. The SMILES string of the molecule is N#Cc1c2nc(-c3ccccc3)cc(-c3ccc(O)cc3)c2n2ccccc12. The lowest BCUT2D eigenvalue weighted by Crippen LogP contribution is -1.91. The Bertz CT molecular complexity index is 1360. The molecule has 0 atom stereocenters. The Hall–Kier alpha value is -4.10. The van der Waals surface area contributed by atoms with E-state index in [-0.39, 0.29) is 5.75 Å². The summed E-state index contributed by atoms with van der Waals surface area (Å²) in [6.07, 6.45) is 1.95. The van der Waals surface area contributed by atoms with Gasteiger partial charge in [0.1, 0.15) is 22.9 Å². The minimum Gasteiger partial charge on any atom is -0.508 e. The van der Waals surface area contributed by atoms with Gasteiger partial charge in [-0.2, -0.15) is 5.26 Å². The first-order chi connectivity index (χ1) is 13.8. The van der Waals surface area contributed by atoms with Gasteiger partial charge in [-0.25, -0.2) is 4.98 Å². The number of fused-ring (bicyclic) bond motifs is 3. The van der Waals surface area contributed by atoms with Gasteiger partial charge in [0.15, 0.2) is 0 Å². The zero-order chi connectivity index (χ0) is 19.1. The van der Waals surface area contributed by atoms with E-state index in [1.807, 2.05) is 77.3 Å². The molecule has 5 aromatic rings. The second kappa shape index (κ2) is 6.26. The maximum atomic E-state index is 9.85. The number of benzene rings is 2. The van der Waals surface area contributed by atoms with Crippen LogP contribution in [0.5, 0.6) is 5.75 Å². The number of phenols is 1. The number of phenolic OH excluding ortho intramolecular Hbond substituents is 1. The van der Waals surface area contributed by atoms with Crippen molar-refractivity contribution in [2.24, 2.45) is 0 Å². The van der Waals surface area contributed by atoms with Gasteiger partial charge in [0.2, 0.25) is 0 Å². The second-order valence-corrected chi connectivity index (χ2v) is 6.61. The Labute approximate surface area is 161 Å². The lowest BCUT2D eigenvalue weighted by molar-refractivity contribution is 0.475. The molecule has 0 spiro atoms. The normalized spacial score (nSPS) is 11.0. The van der Waals surface area contributed by atoms with Crippen LogP contribution in [0.4, 0.5) is 0 Å². The lowest BCUT2D eigenvalue weighted by Gasteiger charge is -2.09. The summed E-state index contributed by atoms with van der Waals surface area (Å²) in [6.45, 7) is 0. The molecule has 4 heteroatoms. The lowest BCUT2D eigenvalue weighted by atomic mass is 10.0. The van der Waals surface area contributed by atoms with Crippen molar-refractivity contribution in [1.82, 2.24) is 9.38 Å². The highest BCUT2D eigenvalue weighted by atomic mass is 16.3. The van der Waals surface area contributed by atoms with E-state index in [4.69, 9.17) is 4.98 Å². The highest BCUT2D eigenvalue weighted by Crippen LogP contribution is 2.36. The van der Waals surface area contributed by atoms with Crippen LogP contribution in [0.3, 0.4) is 0 Å². The van der Waals surface area contributed by atoms with Crippen LogP contribution in [-0.2, 0) is 0 Å². The number of nitrogens with zero attached hydrogens (tertiary/aromatic N) is 3. The third-order valence-corrected chi connectivity index (χ3v) is 4.95. The molecule has 0 saturated carbocycles. The quantitative estimate of drug-likeness (QED) is 0.458. The minimum atomic E-state index is 0.218. The van der Waals surface area contributed by atoms with Crippen molar-refractivity contribution in [3.8, 4) is 34.2 Å². The summed E-state index contributed by atoms with van der Waals surface area (Å²) in [4.78, 5) is 4.86. The fraction of sp³-hybridized carbons (Fsp3) is 0. The molecule has 0 radical (unpaired) electrons. The molecule has 5 rings (SSSR count). The Kier molecular flexibility index (Phi) is 3.60. The molecule has 4 nitrogen and oxygen atoms in total. The number of aromatic hydroxyl groups is 1. The summed E-state index contributed by atoms with van der Waals surface area (Å²) in [5, 5.41) is 19.5.